The Morgan fingerprint density at radius 2 is 2.17 bits per heavy atom. The van der Waals surface area contributed by atoms with Crippen molar-refractivity contribution in [2.24, 2.45) is 0 Å². The first-order valence-electron chi connectivity index (χ1n) is 4.83. The number of hydrogen-bond donors (Lipinski definition) is 2. The van der Waals surface area contributed by atoms with Crippen LogP contribution in [0.5, 0.6) is 0 Å². The number of nitrogens with one attached hydrogen (secondary N) is 1. The average Bonchev–Trinajstić information content (AvgIpc) is 2.98. The second-order valence-electron chi connectivity index (χ2n) is 3.38. The van der Waals surface area contributed by atoms with E-state index in [-0.39, 0.29) is 6.54 Å². The van der Waals surface area contributed by atoms with Crippen LogP contribution in [0.2, 0.25) is 0 Å². The normalized spacial score (nSPS) is 11.6. The number of thiophene rings is 1. The zero-order chi connectivity index (χ0) is 13.2. The Hall–Kier alpha value is -1.64. The summed E-state index contributed by atoms with van der Waals surface area (Å²) in [7, 11) is -3.82. The van der Waals surface area contributed by atoms with Gasteiger partial charge < -0.3 is 9.52 Å². The quantitative estimate of drug-likeness (QED) is 0.869. The standard InChI is InChI=1S/C10H9NO5S2/c12-10(13)8-1-2-9(16-8)18(14,15)11-5-7-3-4-17-6-7/h1-4,6,11H,5H2,(H,12,13). The van der Waals surface area contributed by atoms with Crippen molar-refractivity contribution in [2.45, 2.75) is 11.6 Å². The van der Waals surface area contributed by atoms with E-state index in [9.17, 15) is 13.2 Å². The van der Waals surface area contributed by atoms with E-state index in [1.54, 1.807) is 6.07 Å². The van der Waals surface area contributed by atoms with Gasteiger partial charge in [0.2, 0.25) is 10.9 Å². The molecule has 0 aliphatic rings. The largest absolute Gasteiger partial charge is 0.475 e. The summed E-state index contributed by atoms with van der Waals surface area (Å²) >= 11 is 1.46. The van der Waals surface area contributed by atoms with Crippen LogP contribution < -0.4 is 4.72 Å². The smallest absolute Gasteiger partial charge is 0.371 e. The molecule has 2 N–H and O–H groups in total. The van der Waals surface area contributed by atoms with Gasteiger partial charge in [-0.2, -0.15) is 11.3 Å². The van der Waals surface area contributed by atoms with E-state index in [0.717, 1.165) is 17.7 Å². The zero-order valence-corrected chi connectivity index (χ0v) is 10.6. The van der Waals surface area contributed by atoms with E-state index < -0.39 is 26.8 Å². The average molecular weight is 287 g/mol. The molecule has 2 rings (SSSR count). The van der Waals surface area contributed by atoms with Crippen molar-refractivity contribution >= 4 is 27.3 Å². The Labute approximate surface area is 107 Å². The number of carboxylic acids is 1. The van der Waals surface area contributed by atoms with Gasteiger partial charge in [0.25, 0.3) is 10.0 Å². The lowest BCUT2D eigenvalue weighted by Crippen LogP contribution is -2.22. The van der Waals surface area contributed by atoms with Crippen LogP contribution in [0.1, 0.15) is 16.1 Å². The van der Waals surface area contributed by atoms with Gasteiger partial charge in [-0.15, -0.1) is 0 Å². The fourth-order valence-corrected chi connectivity index (χ4v) is 2.84. The van der Waals surface area contributed by atoms with Crippen LogP contribution in [0.25, 0.3) is 0 Å². The first kappa shape index (κ1) is 12.8. The molecule has 0 unspecified atom stereocenters. The minimum absolute atomic E-state index is 0.134. The molecule has 0 saturated carbocycles. The minimum Gasteiger partial charge on any atom is -0.475 e. The summed E-state index contributed by atoms with van der Waals surface area (Å²) in [5, 5.41) is 11.9. The lowest BCUT2D eigenvalue weighted by atomic mass is 10.4. The molecule has 18 heavy (non-hydrogen) atoms. The topological polar surface area (TPSA) is 96.6 Å². The molecule has 6 nitrogen and oxygen atoms in total. The predicted molar refractivity (Wildman–Crippen MR) is 64.0 cm³/mol. The highest BCUT2D eigenvalue weighted by Gasteiger charge is 2.20. The highest BCUT2D eigenvalue weighted by atomic mass is 32.2. The fraction of sp³-hybridized carbons (Fsp3) is 0.100. The van der Waals surface area contributed by atoms with Gasteiger partial charge in [0, 0.05) is 6.54 Å². The number of sulfonamides is 1. The van der Waals surface area contributed by atoms with E-state index in [0.29, 0.717) is 0 Å². The van der Waals surface area contributed by atoms with Crippen molar-refractivity contribution in [1.29, 1.82) is 0 Å². The van der Waals surface area contributed by atoms with Crippen LogP contribution in [0.4, 0.5) is 0 Å². The van der Waals surface area contributed by atoms with E-state index in [4.69, 9.17) is 9.52 Å². The molecule has 0 aromatic carbocycles. The van der Waals surface area contributed by atoms with E-state index in [2.05, 4.69) is 4.72 Å². The van der Waals surface area contributed by atoms with Crippen LogP contribution >= 0.6 is 11.3 Å². The highest BCUT2D eigenvalue weighted by Crippen LogP contribution is 2.14. The molecule has 0 atom stereocenters. The van der Waals surface area contributed by atoms with Crippen molar-refractivity contribution in [1.82, 2.24) is 4.72 Å². The van der Waals surface area contributed by atoms with Crippen LogP contribution in [-0.2, 0) is 16.6 Å². The molecule has 0 saturated heterocycles. The van der Waals surface area contributed by atoms with Gasteiger partial charge in [-0.05, 0) is 34.5 Å². The molecular weight excluding hydrogens is 278 g/mol. The van der Waals surface area contributed by atoms with Gasteiger partial charge in [-0.3, -0.25) is 0 Å². The summed E-state index contributed by atoms with van der Waals surface area (Å²) in [6.07, 6.45) is 0. The number of carboxylic acid groups (broad SMARTS) is 1. The van der Waals surface area contributed by atoms with Crippen molar-refractivity contribution in [3.63, 3.8) is 0 Å². The second-order valence-corrected chi connectivity index (χ2v) is 5.86. The van der Waals surface area contributed by atoms with Crippen LogP contribution in [0.3, 0.4) is 0 Å². The van der Waals surface area contributed by atoms with Crippen LogP contribution in [0.15, 0.2) is 38.5 Å². The van der Waals surface area contributed by atoms with Gasteiger partial charge in [-0.25, -0.2) is 17.9 Å². The summed E-state index contributed by atoms with van der Waals surface area (Å²) in [6, 6.07) is 4.00. The lowest BCUT2D eigenvalue weighted by molar-refractivity contribution is 0.0656. The third-order valence-electron chi connectivity index (χ3n) is 2.10. The first-order valence-corrected chi connectivity index (χ1v) is 7.25. The summed E-state index contributed by atoms with van der Waals surface area (Å²) in [5.41, 5.74) is 0.827. The number of rotatable bonds is 5. The van der Waals surface area contributed by atoms with Crippen molar-refractivity contribution in [2.75, 3.05) is 0 Å². The number of furan rings is 1. The van der Waals surface area contributed by atoms with Gasteiger partial charge in [0.05, 0.1) is 0 Å². The van der Waals surface area contributed by atoms with Crippen molar-refractivity contribution in [3.8, 4) is 0 Å². The second kappa shape index (κ2) is 4.92. The molecule has 0 amide bonds. The number of hydrogen-bond acceptors (Lipinski definition) is 5. The molecule has 0 aliphatic heterocycles. The zero-order valence-electron chi connectivity index (χ0n) is 8.99. The molecule has 0 bridgehead atoms. The Morgan fingerprint density at radius 1 is 1.39 bits per heavy atom. The molecule has 96 valence electrons. The van der Waals surface area contributed by atoms with E-state index in [1.165, 1.54) is 11.3 Å². The van der Waals surface area contributed by atoms with E-state index >= 15 is 0 Å². The van der Waals surface area contributed by atoms with Crippen molar-refractivity contribution < 1.29 is 22.7 Å². The van der Waals surface area contributed by atoms with Gasteiger partial charge in [-0.1, -0.05) is 0 Å². The first-order chi connectivity index (χ1) is 8.49. The molecule has 0 radical (unpaired) electrons. The van der Waals surface area contributed by atoms with Crippen LogP contribution in [-0.4, -0.2) is 19.5 Å². The molecule has 8 heteroatoms. The minimum atomic E-state index is -3.82. The molecule has 0 spiro atoms. The summed E-state index contributed by atoms with van der Waals surface area (Å²) in [5.74, 6) is -1.72. The van der Waals surface area contributed by atoms with Gasteiger partial charge in [0.1, 0.15) is 0 Å². The maximum atomic E-state index is 11.8. The predicted octanol–water partition coefficient (Wildman–Crippen LogP) is 1.52. The maximum Gasteiger partial charge on any atom is 0.371 e. The SMILES string of the molecule is O=C(O)c1ccc(S(=O)(=O)NCc2ccsc2)o1. The molecule has 2 aromatic heterocycles. The molecule has 2 heterocycles. The number of aromatic carboxylic acids is 1. The summed E-state index contributed by atoms with van der Waals surface area (Å²) in [6.45, 7) is 0.134. The molecule has 0 aliphatic carbocycles. The molecule has 2 aromatic rings. The maximum absolute atomic E-state index is 11.8. The third-order valence-corrected chi connectivity index (χ3v) is 4.11. The van der Waals surface area contributed by atoms with E-state index in [1.807, 2.05) is 10.8 Å². The Morgan fingerprint density at radius 3 is 2.72 bits per heavy atom. The third kappa shape index (κ3) is 2.78. The van der Waals surface area contributed by atoms with Gasteiger partial charge >= 0.3 is 5.97 Å². The number of carbonyl (C=O) groups is 1. The Kier molecular flexibility index (Phi) is 3.50. The monoisotopic (exact) mass is 287 g/mol. The Balaban J connectivity index is 2.12. The Bertz CT molecular complexity index is 642. The summed E-state index contributed by atoms with van der Waals surface area (Å²) < 4.78 is 30.6. The van der Waals surface area contributed by atoms with Crippen LogP contribution in [0, 0.1) is 0 Å². The fourth-order valence-electron chi connectivity index (χ4n) is 1.22. The molecular formula is C10H9NO5S2. The highest BCUT2D eigenvalue weighted by molar-refractivity contribution is 7.89. The molecule has 0 fully saturated rings. The van der Waals surface area contributed by atoms with Crippen molar-refractivity contribution in [3.05, 3.63) is 40.3 Å². The summed E-state index contributed by atoms with van der Waals surface area (Å²) in [4.78, 5) is 10.6. The van der Waals surface area contributed by atoms with Gasteiger partial charge in [0.15, 0.2) is 0 Å². The lowest BCUT2D eigenvalue weighted by Gasteiger charge is -2.02.